The van der Waals surface area contributed by atoms with Gasteiger partial charge in [0.1, 0.15) is 12.4 Å². The number of nitrogens with zero attached hydrogens (tertiary/aromatic N) is 1. The summed E-state index contributed by atoms with van der Waals surface area (Å²) in [6.45, 7) is 2.76. The number of ether oxygens (including phenoxy) is 2. The minimum absolute atomic E-state index is 0.126. The molecule has 1 heterocycles. The quantitative estimate of drug-likeness (QED) is 0.773. The highest BCUT2D eigenvalue weighted by Crippen LogP contribution is 2.28. The maximum Gasteiger partial charge on any atom is 0.243 e. The van der Waals surface area contributed by atoms with Gasteiger partial charge in [-0.3, -0.25) is 0 Å². The van der Waals surface area contributed by atoms with Crippen molar-refractivity contribution < 1.29 is 23.0 Å². The molecule has 6 nitrogen and oxygen atoms in total. The third-order valence-electron chi connectivity index (χ3n) is 3.05. The van der Waals surface area contributed by atoms with Crippen molar-refractivity contribution in [3.63, 3.8) is 0 Å². The number of aliphatic hydroxyl groups is 1. The van der Waals surface area contributed by atoms with Gasteiger partial charge in [-0.05, 0) is 31.2 Å². The van der Waals surface area contributed by atoms with Gasteiger partial charge in [-0.15, -0.1) is 0 Å². The van der Waals surface area contributed by atoms with Crippen molar-refractivity contribution in [1.82, 2.24) is 4.31 Å². The maximum absolute atomic E-state index is 12.2. The number of hydrogen-bond donors (Lipinski definition) is 1. The van der Waals surface area contributed by atoms with Crippen LogP contribution in [0.2, 0.25) is 0 Å². The number of β-amino-alcohol motifs (C(OH)–C–C–N with tert-alkyl or cyclic N) is 1. The van der Waals surface area contributed by atoms with Gasteiger partial charge < -0.3 is 14.6 Å². The van der Waals surface area contributed by atoms with Crippen LogP contribution in [-0.4, -0.2) is 56.8 Å². The predicted molar refractivity (Wildman–Crippen MR) is 73.2 cm³/mol. The molecule has 0 bridgehead atoms. The molecule has 1 fully saturated rings. The van der Waals surface area contributed by atoms with Gasteiger partial charge in [0.15, 0.2) is 0 Å². The summed E-state index contributed by atoms with van der Waals surface area (Å²) in [6.07, 6.45) is 0. The van der Waals surface area contributed by atoms with Crippen molar-refractivity contribution in [3.05, 3.63) is 24.3 Å². The normalized spacial score (nSPS) is 18.6. The maximum atomic E-state index is 12.2. The Bertz CT molecular complexity index is 545. The highest BCUT2D eigenvalue weighted by molar-refractivity contribution is 7.89. The van der Waals surface area contributed by atoms with Crippen molar-refractivity contribution in [3.8, 4) is 5.75 Å². The fourth-order valence-corrected chi connectivity index (χ4v) is 3.66. The van der Waals surface area contributed by atoms with Crippen LogP contribution in [-0.2, 0) is 14.8 Å². The lowest BCUT2D eigenvalue weighted by molar-refractivity contribution is -0.0426. The Kier molecular flexibility index (Phi) is 4.33. The Morgan fingerprint density at radius 2 is 1.85 bits per heavy atom. The topological polar surface area (TPSA) is 76.1 Å². The van der Waals surface area contributed by atoms with Gasteiger partial charge in [-0.2, -0.15) is 4.31 Å². The molecule has 1 aromatic carbocycles. The van der Waals surface area contributed by atoms with Gasteiger partial charge in [-0.1, -0.05) is 0 Å². The molecule has 1 aliphatic rings. The summed E-state index contributed by atoms with van der Waals surface area (Å²) in [7, 11) is -1.94. The highest BCUT2D eigenvalue weighted by Gasteiger charge is 2.43. The molecule has 1 aliphatic heterocycles. The van der Waals surface area contributed by atoms with Gasteiger partial charge in [0.2, 0.25) is 10.0 Å². The zero-order valence-electron chi connectivity index (χ0n) is 11.6. The molecule has 2 rings (SSSR count). The fraction of sp³-hybridized carbons (Fsp3) is 0.538. The van der Waals surface area contributed by atoms with Crippen LogP contribution in [0.1, 0.15) is 6.92 Å². The first-order valence-corrected chi connectivity index (χ1v) is 7.73. The van der Waals surface area contributed by atoms with Crippen LogP contribution in [0.25, 0.3) is 0 Å². The molecule has 0 unspecified atom stereocenters. The number of sulfonamides is 1. The number of hydrogen-bond acceptors (Lipinski definition) is 5. The van der Waals surface area contributed by atoms with E-state index in [1.165, 1.54) is 16.4 Å². The molecule has 0 aromatic heterocycles. The van der Waals surface area contributed by atoms with E-state index >= 15 is 0 Å². The van der Waals surface area contributed by atoms with Crippen LogP contribution in [0.15, 0.2) is 29.2 Å². The van der Waals surface area contributed by atoms with Crippen LogP contribution in [0, 0.1) is 0 Å². The van der Waals surface area contributed by atoms with Crippen LogP contribution in [0.5, 0.6) is 5.75 Å². The standard InChI is InChI=1S/C13H19NO5S/c1-13(15)9-14(10-13)20(16,17)12-5-3-11(4-6-12)19-8-7-18-2/h3-6,15H,7-10H2,1-2H3. The summed E-state index contributed by atoms with van der Waals surface area (Å²) in [6, 6.07) is 6.23. The summed E-state index contributed by atoms with van der Waals surface area (Å²) < 4.78 is 36.0. The Morgan fingerprint density at radius 1 is 1.25 bits per heavy atom. The van der Waals surface area contributed by atoms with Crippen LogP contribution in [0.4, 0.5) is 0 Å². The second-order valence-corrected chi connectivity index (χ2v) is 7.02. The molecule has 7 heteroatoms. The first kappa shape index (κ1) is 15.2. The molecular weight excluding hydrogens is 282 g/mol. The Morgan fingerprint density at radius 3 is 2.35 bits per heavy atom. The summed E-state index contributed by atoms with van der Waals surface area (Å²) in [5.41, 5.74) is -0.920. The van der Waals surface area contributed by atoms with E-state index in [1.54, 1.807) is 26.2 Å². The van der Waals surface area contributed by atoms with Crippen molar-refractivity contribution in [2.24, 2.45) is 0 Å². The van der Waals surface area contributed by atoms with Crippen LogP contribution in [0.3, 0.4) is 0 Å². The molecular formula is C13H19NO5S. The zero-order valence-corrected chi connectivity index (χ0v) is 12.4. The van der Waals surface area contributed by atoms with Crippen molar-refractivity contribution >= 4 is 10.0 Å². The lowest BCUT2D eigenvalue weighted by Crippen LogP contribution is -2.61. The van der Waals surface area contributed by atoms with Crippen LogP contribution < -0.4 is 4.74 Å². The molecule has 112 valence electrons. The summed E-state index contributed by atoms with van der Waals surface area (Å²) >= 11 is 0. The Hall–Kier alpha value is -1.15. The second kappa shape index (κ2) is 5.69. The molecule has 0 aliphatic carbocycles. The lowest BCUT2D eigenvalue weighted by Gasteiger charge is -2.42. The Labute approximate surface area is 119 Å². The molecule has 0 amide bonds. The number of rotatable bonds is 6. The average molecular weight is 301 g/mol. The van der Waals surface area contributed by atoms with Crippen molar-refractivity contribution in [1.29, 1.82) is 0 Å². The molecule has 0 atom stereocenters. The molecule has 1 saturated heterocycles. The average Bonchev–Trinajstić information content (AvgIpc) is 2.37. The first-order valence-electron chi connectivity index (χ1n) is 6.29. The third-order valence-corrected chi connectivity index (χ3v) is 4.86. The van der Waals surface area contributed by atoms with E-state index < -0.39 is 15.6 Å². The van der Waals surface area contributed by atoms with E-state index in [4.69, 9.17) is 9.47 Å². The van der Waals surface area contributed by atoms with Gasteiger partial charge in [0, 0.05) is 20.2 Å². The predicted octanol–water partition coefficient (Wildman–Crippen LogP) is 0.467. The van der Waals surface area contributed by atoms with Gasteiger partial charge in [0.25, 0.3) is 0 Å². The molecule has 0 spiro atoms. The Balaban J connectivity index is 2.02. The number of benzene rings is 1. The monoisotopic (exact) mass is 301 g/mol. The van der Waals surface area contributed by atoms with Gasteiger partial charge in [0.05, 0.1) is 17.1 Å². The smallest absolute Gasteiger partial charge is 0.243 e. The van der Waals surface area contributed by atoms with Gasteiger partial charge in [-0.25, -0.2) is 8.42 Å². The zero-order chi connectivity index (χ0) is 14.8. The second-order valence-electron chi connectivity index (χ2n) is 5.08. The van der Waals surface area contributed by atoms with Crippen LogP contribution >= 0.6 is 0 Å². The molecule has 1 aromatic rings. The fourth-order valence-electron chi connectivity index (χ4n) is 1.98. The molecule has 0 saturated carbocycles. The lowest BCUT2D eigenvalue weighted by atomic mass is 10.0. The van der Waals surface area contributed by atoms with E-state index in [-0.39, 0.29) is 18.0 Å². The van der Waals surface area contributed by atoms with E-state index in [0.717, 1.165) is 0 Å². The summed E-state index contributed by atoms with van der Waals surface area (Å²) in [5.74, 6) is 0.594. The molecule has 1 N–H and O–H groups in total. The molecule has 20 heavy (non-hydrogen) atoms. The van der Waals surface area contributed by atoms with E-state index in [0.29, 0.717) is 19.0 Å². The highest BCUT2D eigenvalue weighted by atomic mass is 32.2. The molecule has 0 radical (unpaired) electrons. The van der Waals surface area contributed by atoms with Crippen molar-refractivity contribution in [2.45, 2.75) is 17.4 Å². The first-order chi connectivity index (χ1) is 9.35. The minimum Gasteiger partial charge on any atom is -0.491 e. The van der Waals surface area contributed by atoms with E-state index in [9.17, 15) is 13.5 Å². The minimum atomic E-state index is -3.52. The van der Waals surface area contributed by atoms with Crippen molar-refractivity contribution in [2.75, 3.05) is 33.4 Å². The largest absolute Gasteiger partial charge is 0.491 e. The van der Waals surface area contributed by atoms with E-state index in [1.807, 2.05) is 0 Å². The summed E-state index contributed by atoms with van der Waals surface area (Å²) in [5, 5.41) is 9.62. The summed E-state index contributed by atoms with van der Waals surface area (Å²) in [4.78, 5) is 0.201. The third kappa shape index (κ3) is 3.29. The van der Waals surface area contributed by atoms with E-state index in [2.05, 4.69) is 0 Å². The van der Waals surface area contributed by atoms with Gasteiger partial charge >= 0.3 is 0 Å². The SMILES string of the molecule is COCCOc1ccc(S(=O)(=O)N2CC(C)(O)C2)cc1. The number of methoxy groups -OCH3 is 1.